The van der Waals surface area contributed by atoms with Crippen LogP contribution in [0.1, 0.15) is 53.8 Å². The van der Waals surface area contributed by atoms with E-state index in [9.17, 15) is 9.59 Å². The van der Waals surface area contributed by atoms with Crippen LogP contribution in [0.15, 0.2) is 103 Å². The lowest BCUT2D eigenvalue weighted by molar-refractivity contribution is -0.138. The highest BCUT2D eigenvalue weighted by atomic mass is 31.2. The summed E-state index contributed by atoms with van der Waals surface area (Å²) in [6.07, 6.45) is 3.99. The van der Waals surface area contributed by atoms with Crippen LogP contribution in [0.3, 0.4) is 0 Å². The Hall–Kier alpha value is -4.97. The van der Waals surface area contributed by atoms with Gasteiger partial charge in [0.1, 0.15) is 29.8 Å². The lowest BCUT2D eigenvalue weighted by Crippen LogP contribution is -2.31. The van der Waals surface area contributed by atoms with Crippen LogP contribution in [-0.4, -0.2) is 52.1 Å². The van der Waals surface area contributed by atoms with Crippen LogP contribution in [0.5, 0.6) is 0 Å². The van der Waals surface area contributed by atoms with Crippen LogP contribution < -0.4 is 0 Å². The van der Waals surface area contributed by atoms with Gasteiger partial charge in [0, 0.05) is 25.9 Å². The van der Waals surface area contributed by atoms with Gasteiger partial charge in [0.2, 0.25) is 0 Å². The Morgan fingerprint density at radius 2 is 1.00 bits per heavy atom. The molecule has 0 fully saturated rings. The summed E-state index contributed by atoms with van der Waals surface area (Å²) in [5.41, 5.74) is 2.80. The average Bonchev–Trinajstić information content (AvgIpc) is 3.74. The standard InChI is InChI=1S/C33H35N6O7P/c40-31(41)18-10-20-38-22-29(34-36-38)24-45-47(44,46-25-30-23-39(37-35-30)21-11-19-32(42)43)33(26-12-4-1-5-13-26,27-14-6-2-7-15-27)28-16-8-3-9-17-28/h1-9,12-17,22-23H,10-11,18-21,24-25H2,(H,40,41)(H,42,43). The Morgan fingerprint density at radius 1 is 0.638 bits per heavy atom. The topological polar surface area (TPSA) is 172 Å². The minimum Gasteiger partial charge on any atom is -0.481 e. The summed E-state index contributed by atoms with van der Waals surface area (Å²) in [6.45, 7) is 0.258. The Kier molecular flexibility index (Phi) is 11.0. The fourth-order valence-electron chi connectivity index (χ4n) is 5.36. The summed E-state index contributed by atoms with van der Waals surface area (Å²) < 4.78 is 31.7. The van der Waals surface area contributed by atoms with Crippen molar-refractivity contribution in [1.29, 1.82) is 0 Å². The zero-order chi connectivity index (χ0) is 33.1. The van der Waals surface area contributed by atoms with Crippen LogP contribution in [-0.2, 0) is 54.7 Å². The van der Waals surface area contributed by atoms with Gasteiger partial charge < -0.3 is 19.3 Å². The molecule has 13 nitrogen and oxygen atoms in total. The number of aliphatic carboxylic acids is 2. The molecule has 0 unspecified atom stereocenters. The number of benzene rings is 3. The molecule has 0 aliphatic carbocycles. The van der Waals surface area contributed by atoms with Crippen molar-refractivity contribution in [2.24, 2.45) is 0 Å². The summed E-state index contributed by atoms with van der Waals surface area (Å²) >= 11 is 0. The number of carboxylic acids is 2. The van der Waals surface area contributed by atoms with E-state index in [2.05, 4.69) is 20.6 Å². The van der Waals surface area contributed by atoms with E-state index >= 15 is 4.57 Å². The summed E-state index contributed by atoms with van der Waals surface area (Å²) in [5, 5.41) is 33.0. The van der Waals surface area contributed by atoms with Crippen molar-refractivity contribution in [3.8, 4) is 0 Å². The Morgan fingerprint density at radius 3 is 1.34 bits per heavy atom. The van der Waals surface area contributed by atoms with Gasteiger partial charge in [0.05, 0.1) is 12.4 Å². The number of rotatable bonds is 18. The van der Waals surface area contributed by atoms with E-state index in [4.69, 9.17) is 19.3 Å². The van der Waals surface area contributed by atoms with Gasteiger partial charge in [-0.15, -0.1) is 10.2 Å². The van der Waals surface area contributed by atoms with Gasteiger partial charge in [0.25, 0.3) is 0 Å². The maximum atomic E-state index is 15.8. The van der Waals surface area contributed by atoms with Gasteiger partial charge >= 0.3 is 19.5 Å². The second kappa shape index (κ2) is 15.5. The minimum atomic E-state index is -4.32. The van der Waals surface area contributed by atoms with Crippen LogP contribution >= 0.6 is 7.60 Å². The number of carboxylic acid groups (broad SMARTS) is 2. The Balaban J connectivity index is 1.55. The molecule has 0 aliphatic heterocycles. The molecule has 5 rings (SSSR count). The molecule has 0 saturated heterocycles. The van der Waals surface area contributed by atoms with Crippen molar-refractivity contribution in [3.05, 3.63) is 131 Å². The highest BCUT2D eigenvalue weighted by molar-refractivity contribution is 7.55. The molecule has 0 bridgehead atoms. The largest absolute Gasteiger partial charge is 0.481 e. The van der Waals surface area contributed by atoms with Gasteiger partial charge in [0.15, 0.2) is 0 Å². The molecular formula is C33H35N6O7P. The Bertz CT molecular complexity index is 1630. The fourth-order valence-corrected chi connectivity index (χ4v) is 7.82. The molecule has 3 aromatic carbocycles. The maximum absolute atomic E-state index is 15.8. The molecule has 47 heavy (non-hydrogen) atoms. The van der Waals surface area contributed by atoms with Crippen molar-refractivity contribution >= 4 is 19.5 Å². The Labute approximate surface area is 271 Å². The lowest BCUT2D eigenvalue weighted by atomic mass is 9.84. The lowest BCUT2D eigenvalue weighted by Gasteiger charge is -2.40. The van der Waals surface area contributed by atoms with Crippen LogP contribution in [0.2, 0.25) is 0 Å². The van der Waals surface area contributed by atoms with Crippen molar-refractivity contribution in [2.75, 3.05) is 0 Å². The van der Waals surface area contributed by atoms with Gasteiger partial charge in [-0.25, -0.2) is 0 Å². The molecule has 0 radical (unpaired) electrons. The van der Waals surface area contributed by atoms with Gasteiger partial charge in [-0.3, -0.25) is 23.5 Å². The van der Waals surface area contributed by atoms with E-state index in [0.29, 0.717) is 54.0 Å². The van der Waals surface area contributed by atoms with E-state index in [-0.39, 0.29) is 26.1 Å². The van der Waals surface area contributed by atoms with Crippen LogP contribution in [0, 0.1) is 0 Å². The molecule has 14 heteroatoms. The van der Waals surface area contributed by atoms with E-state index < -0.39 is 24.7 Å². The normalized spacial score (nSPS) is 11.8. The van der Waals surface area contributed by atoms with E-state index in [0.717, 1.165) is 0 Å². The number of nitrogens with zero attached hydrogens (tertiary/aromatic N) is 6. The van der Waals surface area contributed by atoms with Gasteiger partial charge in [-0.2, -0.15) is 0 Å². The molecule has 0 amide bonds. The summed E-state index contributed by atoms with van der Waals surface area (Å²) in [5.74, 6) is -1.79. The number of hydrogen-bond donors (Lipinski definition) is 2. The number of aromatic nitrogens is 6. The predicted molar refractivity (Wildman–Crippen MR) is 170 cm³/mol. The molecule has 2 N–H and O–H groups in total. The molecule has 5 aromatic rings. The number of aryl methyl sites for hydroxylation is 2. The zero-order valence-corrected chi connectivity index (χ0v) is 26.4. The first-order valence-electron chi connectivity index (χ1n) is 15.1. The molecule has 2 aromatic heterocycles. The fraction of sp³-hybridized carbons (Fsp3) is 0.273. The molecule has 244 valence electrons. The molecule has 0 aliphatic rings. The van der Waals surface area contributed by atoms with E-state index in [1.807, 2.05) is 91.0 Å². The highest BCUT2D eigenvalue weighted by Gasteiger charge is 2.55. The molecule has 0 atom stereocenters. The number of carbonyl (C=O) groups is 2. The SMILES string of the molecule is O=C(O)CCCn1cc(COP(=O)(OCc2cn(CCCC(=O)O)nn2)C(c2ccccc2)(c2ccccc2)c2ccccc2)nn1. The van der Waals surface area contributed by atoms with Gasteiger partial charge in [-0.05, 0) is 29.5 Å². The third kappa shape index (κ3) is 8.07. The van der Waals surface area contributed by atoms with Crippen molar-refractivity contribution in [3.63, 3.8) is 0 Å². The summed E-state index contributed by atoms with van der Waals surface area (Å²) in [4.78, 5) is 21.9. The van der Waals surface area contributed by atoms with Crippen molar-refractivity contribution in [2.45, 2.75) is 57.1 Å². The van der Waals surface area contributed by atoms with Crippen LogP contribution in [0.4, 0.5) is 0 Å². The van der Waals surface area contributed by atoms with Crippen LogP contribution in [0.25, 0.3) is 0 Å². The molecular weight excluding hydrogens is 623 g/mol. The van der Waals surface area contributed by atoms with E-state index in [1.165, 1.54) is 9.36 Å². The number of hydrogen-bond acceptors (Lipinski definition) is 9. The first-order valence-corrected chi connectivity index (χ1v) is 16.6. The first kappa shape index (κ1) is 33.4. The smallest absolute Gasteiger partial charge is 0.350 e. The highest BCUT2D eigenvalue weighted by Crippen LogP contribution is 2.71. The minimum absolute atomic E-state index is 0.00728. The zero-order valence-electron chi connectivity index (χ0n) is 25.5. The van der Waals surface area contributed by atoms with E-state index in [1.54, 1.807) is 12.4 Å². The second-order valence-corrected chi connectivity index (χ2v) is 13.0. The second-order valence-electron chi connectivity index (χ2n) is 10.8. The maximum Gasteiger partial charge on any atom is 0.350 e. The predicted octanol–water partition coefficient (Wildman–Crippen LogP) is 5.52. The average molecular weight is 659 g/mol. The first-order chi connectivity index (χ1) is 22.8. The summed E-state index contributed by atoms with van der Waals surface area (Å²) in [7, 11) is -4.32. The summed E-state index contributed by atoms with van der Waals surface area (Å²) in [6, 6.07) is 28.1. The van der Waals surface area contributed by atoms with Gasteiger partial charge in [-0.1, -0.05) is 101 Å². The third-order valence-electron chi connectivity index (χ3n) is 7.48. The van der Waals surface area contributed by atoms with Crippen molar-refractivity contribution < 1.29 is 33.4 Å². The molecule has 0 saturated carbocycles. The van der Waals surface area contributed by atoms with Crippen molar-refractivity contribution in [1.82, 2.24) is 30.0 Å². The third-order valence-corrected chi connectivity index (χ3v) is 10.0. The molecule has 0 spiro atoms. The molecule has 2 heterocycles. The quantitative estimate of drug-likeness (QED) is 0.0897. The monoisotopic (exact) mass is 658 g/mol.